The Morgan fingerprint density at radius 3 is 2.46 bits per heavy atom. The van der Waals surface area contributed by atoms with Crippen molar-refractivity contribution in [1.82, 2.24) is 9.66 Å². The van der Waals surface area contributed by atoms with Crippen LogP contribution in [0.15, 0.2) is 82.4 Å². The first-order valence-electron chi connectivity index (χ1n) is 10.9. The maximum Gasteiger partial charge on any atom is 0.282 e. The van der Waals surface area contributed by atoms with Gasteiger partial charge < -0.3 is 4.74 Å². The third kappa shape index (κ3) is 6.13. The van der Waals surface area contributed by atoms with Crippen LogP contribution < -0.4 is 10.3 Å². The summed E-state index contributed by atoms with van der Waals surface area (Å²) < 4.78 is 11.0. The van der Waals surface area contributed by atoms with Gasteiger partial charge in [-0.05, 0) is 76.4 Å². The minimum Gasteiger partial charge on any atom is -0.488 e. The van der Waals surface area contributed by atoms with Crippen LogP contribution in [0.2, 0.25) is 0 Å². The molecule has 0 bridgehead atoms. The Hall–Kier alpha value is -1.81. The Labute approximate surface area is 237 Å². The summed E-state index contributed by atoms with van der Waals surface area (Å²) in [5, 5.41) is 5.06. The van der Waals surface area contributed by atoms with E-state index in [4.69, 9.17) is 9.72 Å². The SMILES string of the molecule is CC[C@@H](C)c1nc2ccc(Br)cc2c(=O)n1N=Cc1ccc(OCc2ccc(Br)cc2Br)c(Br)c1. The fourth-order valence-corrected chi connectivity index (χ4v) is 5.45. The van der Waals surface area contributed by atoms with E-state index in [1.807, 2.05) is 55.5 Å². The molecule has 180 valence electrons. The zero-order valence-corrected chi connectivity index (χ0v) is 25.3. The lowest BCUT2D eigenvalue weighted by Crippen LogP contribution is -2.23. The van der Waals surface area contributed by atoms with Gasteiger partial charge in [-0.15, -0.1) is 0 Å². The van der Waals surface area contributed by atoms with Crippen molar-refractivity contribution in [3.63, 3.8) is 0 Å². The molecule has 4 aromatic rings. The zero-order chi connectivity index (χ0) is 25.1. The average Bonchev–Trinajstić information content (AvgIpc) is 2.83. The molecule has 9 heteroatoms. The molecule has 1 atom stereocenters. The number of aromatic nitrogens is 2. The molecule has 0 amide bonds. The van der Waals surface area contributed by atoms with Crippen LogP contribution in [0.25, 0.3) is 10.9 Å². The molecule has 5 nitrogen and oxygen atoms in total. The van der Waals surface area contributed by atoms with Crippen molar-refractivity contribution in [1.29, 1.82) is 0 Å². The predicted molar refractivity (Wildman–Crippen MR) is 156 cm³/mol. The molecular formula is C26H21Br4N3O2. The molecule has 4 rings (SSSR count). The Balaban J connectivity index is 1.62. The van der Waals surface area contributed by atoms with E-state index in [0.717, 1.165) is 35.4 Å². The van der Waals surface area contributed by atoms with Crippen LogP contribution in [0.3, 0.4) is 0 Å². The normalized spacial score (nSPS) is 12.4. The van der Waals surface area contributed by atoms with Crippen molar-refractivity contribution in [3.8, 4) is 5.75 Å². The number of nitrogens with zero attached hydrogens (tertiary/aromatic N) is 3. The fourth-order valence-electron chi connectivity index (χ4n) is 3.41. The van der Waals surface area contributed by atoms with E-state index in [9.17, 15) is 4.79 Å². The van der Waals surface area contributed by atoms with Gasteiger partial charge in [0.25, 0.3) is 5.56 Å². The smallest absolute Gasteiger partial charge is 0.282 e. The first-order chi connectivity index (χ1) is 16.8. The quantitative estimate of drug-likeness (QED) is 0.180. The molecule has 0 aliphatic rings. The van der Waals surface area contributed by atoms with Gasteiger partial charge in [0, 0.05) is 24.9 Å². The summed E-state index contributed by atoms with van der Waals surface area (Å²) in [6, 6.07) is 17.2. The number of hydrogen-bond acceptors (Lipinski definition) is 4. The minimum absolute atomic E-state index is 0.0772. The molecule has 1 aromatic heterocycles. The average molecular weight is 727 g/mol. The van der Waals surface area contributed by atoms with Crippen molar-refractivity contribution in [2.75, 3.05) is 0 Å². The van der Waals surface area contributed by atoms with Gasteiger partial charge in [0.2, 0.25) is 0 Å². The summed E-state index contributed by atoms with van der Waals surface area (Å²) in [5.41, 5.74) is 2.34. The molecule has 0 N–H and O–H groups in total. The highest BCUT2D eigenvalue weighted by molar-refractivity contribution is 9.11. The Morgan fingerprint density at radius 1 is 1.00 bits per heavy atom. The summed E-state index contributed by atoms with van der Waals surface area (Å²) in [6.07, 6.45) is 2.51. The van der Waals surface area contributed by atoms with E-state index in [2.05, 4.69) is 75.7 Å². The largest absolute Gasteiger partial charge is 0.488 e. The van der Waals surface area contributed by atoms with Crippen molar-refractivity contribution in [2.45, 2.75) is 32.8 Å². The van der Waals surface area contributed by atoms with Crippen LogP contribution in [-0.4, -0.2) is 15.9 Å². The van der Waals surface area contributed by atoms with Crippen LogP contribution in [0, 0.1) is 0 Å². The van der Waals surface area contributed by atoms with Crippen LogP contribution in [0.1, 0.15) is 43.1 Å². The first kappa shape index (κ1) is 26.3. The zero-order valence-electron chi connectivity index (χ0n) is 18.9. The maximum atomic E-state index is 13.3. The van der Waals surface area contributed by atoms with E-state index in [-0.39, 0.29) is 11.5 Å². The van der Waals surface area contributed by atoms with E-state index >= 15 is 0 Å². The number of benzene rings is 3. The first-order valence-corrected chi connectivity index (χ1v) is 14.1. The summed E-state index contributed by atoms with van der Waals surface area (Å²) in [5.74, 6) is 1.43. The molecule has 0 aliphatic heterocycles. The second kappa shape index (κ2) is 11.5. The lowest BCUT2D eigenvalue weighted by molar-refractivity contribution is 0.303. The second-order valence-electron chi connectivity index (χ2n) is 8.02. The molecule has 0 unspecified atom stereocenters. The molecule has 1 heterocycles. The lowest BCUT2D eigenvalue weighted by atomic mass is 10.1. The number of fused-ring (bicyclic) bond motifs is 1. The summed E-state index contributed by atoms with van der Waals surface area (Å²) in [7, 11) is 0. The number of rotatable bonds is 7. The van der Waals surface area contributed by atoms with Crippen molar-refractivity contribution < 1.29 is 4.74 Å². The van der Waals surface area contributed by atoms with E-state index in [1.54, 1.807) is 12.3 Å². The van der Waals surface area contributed by atoms with Gasteiger partial charge >= 0.3 is 0 Å². The minimum atomic E-state index is -0.193. The molecule has 3 aromatic carbocycles. The summed E-state index contributed by atoms with van der Waals surface area (Å²) in [4.78, 5) is 18.0. The van der Waals surface area contributed by atoms with E-state index in [0.29, 0.717) is 29.1 Å². The topological polar surface area (TPSA) is 56.5 Å². The highest BCUT2D eigenvalue weighted by Gasteiger charge is 2.15. The third-order valence-corrected chi connectivity index (χ3v) is 7.91. The van der Waals surface area contributed by atoms with Gasteiger partial charge in [-0.1, -0.05) is 67.7 Å². The van der Waals surface area contributed by atoms with Gasteiger partial charge in [0.1, 0.15) is 18.2 Å². The lowest BCUT2D eigenvalue weighted by Gasteiger charge is -2.14. The second-order valence-corrected chi connectivity index (χ2v) is 11.6. The fraction of sp³-hybridized carbons (Fsp3) is 0.192. The van der Waals surface area contributed by atoms with Crippen LogP contribution in [-0.2, 0) is 6.61 Å². The Bertz CT molecular complexity index is 1480. The summed E-state index contributed by atoms with van der Waals surface area (Å²) in [6.45, 7) is 4.54. The maximum absolute atomic E-state index is 13.3. The number of ether oxygens (including phenoxy) is 1. The highest BCUT2D eigenvalue weighted by Crippen LogP contribution is 2.29. The molecule has 35 heavy (non-hydrogen) atoms. The highest BCUT2D eigenvalue weighted by atomic mass is 79.9. The molecule has 0 saturated carbocycles. The molecule has 0 fully saturated rings. The molecule has 0 saturated heterocycles. The van der Waals surface area contributed by atoms with Crippen molar-refractivity contribution >= 4 is 80.8 Å². The molecular weight excluding hydrogens is 706 g/mol. The number of halogens is 4. The van der Waals surface area contributed by atoms with Crippen LogP contribution in [0.4, 0.5) is 0 Å². The van der Waals surface area contributed by atoms with Gasteiger partial charge in [0.05, 0.1) is 21.6 Å². The Morgan fingerprint density at radius 2 is 1.74 bits per heavy atom. The monoisotopic (exact) mass is 723 g/mol. The Kier molecular flexibility index (Phi) is 8.63. The summed E-state index contributed by atoms with van der Waals surface area (Å²) >= 11 is 14.1. The van der Waals surface area contributed by atoms with Crippen LogP contribution in [0.5, 0.6) is 5.75 Å². The molecule has 0 radical (unpaired) electrons. The predicted octanol–water partition coefficient (Wildman–Crippen LogP) is 8.42. The van der Waals surface area contributed by atoms with E-state index in [1.165, 1.54) is 4.68 Å². The molecule has 0 aliphatic carbocycles. The van der Waals surface area contributed by atoms with E-state index < -0.39 is 0 Å². The van der Waals surface area contributed by atoms with Crippen molar-refractivity contribution in [2.24, 2.45) is 5.10 Å². The van der Waals surface area contributed by atoms with Gasteiger partial charge in [0.15, 0.2) is 0 Å². The third-order valence-electron chi connectivity index (χ3n) is 5.56. The van der Waals surface area contributed by atoms with Crippen molar-refractivity contribution in [3.05, 3.63) is 99.8 Å². The van der Waals surface area contributed by atoms with Crippen LogP contribution >= 0.6 is 63.7 Å². The van der Waals surface area contributed by atoms with Gasteiger partial charge in [-0.2, -0.15) is 9.78 Å². The van der Waals surface area contributed by atoms with Gasteiger partial charge in [-0.3, -0.25) is 4.79 Å². The van der Waals surface area contributed by atoms with Gasteiger partial charge in [-0.25, -0.2) is 4.98 Å². The molecule has 0 spiro atoms. The standard InChI is InChI=1S/C26H21Br4N3O2/c1-3-15(2)25-32-23-8-7-18(27)11-20(23)26(34)33(25)31-13-16-4-9-24(22(30)10-16)35-14-17-5-6-19(28)12-21(17)29/h4-13,15H,3,14H2,1-2H3/t15-/m1/s1. The number of hydrogen-bond donors (Lipinski definition) is 0.